The minimum atomic E-state index is -5.11. The van der Waals surface area contributed by atoms with E-state index >= 15 is 0 Å². The summed E-state index contributed by atoms with van der Waals surface area (Å²) in [6.07, 6.45) is 0.215. The van der Waals surface area contributed by atoms with Crippen LogP contribution < -0.4 is 5.73 Å². The largest absolute Gasteiger partial charge is 0.357 e. The first-order valence-electron chi connectivity index (χ1n) is 4.74. The summed E-state index contributed by atoms with van der Waals surface area (Å²) in [7, 11) is -10.2. The standard InChI is InChI=1S/C7H19NO6P2/c1-5(2)4-6(3)7(8,15(9,10)11)16(12,13)14/h5-6H,4,8H2,1-3H3,(H2,9,10,11)(H2,12,13,14). The first-order valence-corrected chi connectivity index (χ1v) is 7.96. The summed E-state index contributed by atoms with van der Waals surface area (Å²) < 4.78 is 22.4. The Balaban J connectivity index is 5.45. The van der Waals surface area contributed by atoms with E-state index < -0.39 is 26.1 Å². The highest BCUT2D eigenvalue weighted by Crippen LogP contribution is 2.69. The van der Waals surface area contributed by atoms with Gasteiger partial charge in [-0.15, -0.1) is 0 Å². The van der Waals surface area contributed by atoms with Gasteiger partial charge in [0.25, 0.3) is 0 Å². The van der Waals surface area contributed by atoms with Crippen LogP contribution in [-0.4, -0.2) is 24.6 Å². The molecule has 0 fully saturated rings. The van der Waals surface area contributed by atoms with Crippen LogP contribution in [0.5, 0.6) is 0 Å². The van der Waals surface area contributed by atoms with Gasteiger partial charge in [-0.05, 0) is 18.3 Å². The Morgan fingerprint density at radius 3 is 1.56 bits per heavy atom. The molecule has 0 spiro atoms. The van der Waals surface area contributed by atoms with Crippen LogP contribution in [0.3, 0.4) is 0 Å². The van der Waals surface area contributed by atoms with E-state index in [0.29, 0.717) is 0 Å². The van der Waals surface area contributed by atoms with E-state index in [1.54, 1.807) is 13.8 Å². The third-order valence-electron chi connectivity index (χ3n) is 2.48. The van der Waals surface area contributed by atoms with E-state index in [9.17, 15) is 9.13 Å². The van der Waals surface area contributed by atoms with Gasteiger partial charge < -0.3 is 25.3 Å². The summed E-state index contributed by atoms with van der Waals surface area (Å²) in [5.74, 6) is -0.967. The number of nitrogens with two attached hydrogens (primary N) is 1. The van der Waals surface area contributed by atoms with Crippen molar-refractivity contribution in [3.8, 4) is 0 Å². The lowest BCUT2D eigenvalue weighted by molar-refractivity contribution is 0.261. The average molecular weight is 275 g/mol. The molecular formula is C7H19NO6P2. The molecule has 0 aromatic carbocycles. The van der Waals surface area contributed by atoms with Crippen LogP contribution in [0.2, 0.25) is 0 Å². The van der Waals surface area contributed by atoms with Gasteiger partial charge in [0.2, 0.25) is 5.02 Å². The molecule has 9 heteroatoms. The van der Waals surface area contributed by atoms with Crippen LogP contribution in [0.4, 0.5) is 0 Å². The highest BCUT2D eigenvalue weighted by Gasteiger charge is 2.60. The molecule has 0 aromatic heterocycles. The summed E-state index contributed by atoms with van der Waals surface area (Å²) >= 11 is 0. The molecule has 0 heterocycles. The lowest BCUT2D eigenvalue weighted by Gasteiger charge is -2.36. The first kappa shape index (κ1) is 16.3. The molecule has 0 saturated carbocycles. The minimum Gasteiger partial charge on any atom is -0.323 e. The Labute approximate surface area is 94.4 Å². The fraction of sp³-hybridized carbons (Fsp3) is 1.00. The van der Waals surface area contributed by atoms with Crippen molar-refractivity contribution in [3.63, 3.8) is 0 Å². The Kier molecular flexibility index (Phi) is 4.94. The number of hydrogen-bond acceptors (Lipinski definition) is 3. The maximum atomic E-state index is 11.2. The van der Waals surface area contributed by atoms with Crippen molar-refractivity contribution in [3.05, 3.63) is 0 Å². The Hall–Kier alpha value is 0.260. The highest BCUT2D eigenvalue weighted by molar-refractivity contribution is 7.72. The van der Waals surface area contributed by atoms with E-state index in [4.69, 9.17) is 25.3 Å². The average Bonchev–Trinajstić information content (AvgIpc) is 1.96. The molecule has 0 bridgehead atoms. The van der Waals surface area contributed by atoms with Crippen molar-refractivity contribution in [1.82, 2.24) is 0 Å². The van der Waals surface area contributed by atoms with Crippen molar-refractivity contribution >= 4 is 15.2 Å². The smallest absolute Gasteiger partial charge is 0.323 e. The maximum absolute atomic E-state index is 11.2. The summed E-state index contributed by atoms with van der Waals surface area (Å²) in [4.78, 5) is 36.2. The zero-order valence-corrected chi connectivity index (χ0v) is 11.2. The van der Waals surface area contributed by atoms with Crippen molar-refractivity contribution in [2.24, 2.45) is 17.6 Å². The van der Waals surface area contributed by atoms with Crippen molar-refractivity contribution in [1.29, 1.82) is 0 Å². The quantitative estimate of drug-likeness (QED) is 0.463. The molecule has 6 N–H and O–H groups in total. The van der Waals surface area contributed by atoms with Crippen LogP contribution >= 0.6 is 15.2 Å². The lowest BCUT2D eigenvalue weighted by atomic mass is 9.99. The van der Waals surface area contributed by atoms with Crippen LogP contribution in [0.25, 0.3) is 0 Å². The Morgan fingerprint density at radius 2 is 1.38 bits per heavy atom. The summed E-state index contributed by atoms with van der Waals surface area (Å²) in [5.41, 5.74) is 5.32. The van der Waals surface area contributed by atoms with Gasteiger partial charge in [-0.1, -0.05) is 20.8 Å². The molecule has 7 nitrogen and oxygen atoms in total. The molecule has 1 unspecified atom stereocenters. The van der Waals surface area contributed by atoms with Crippen molar-refractivity contribution in [2.45, 2.75) is 32.2 Å². The highest BCUT2D eigenvalue weighted by atomic mass is 31.2. The predicted octanol–water partition coefficient (Wildman–Crippen LogP) is 0.636. The first-order chi connectivity index (χ1) is 6.84. The summed E-state index contributed by atoms with van der Waals surface area (Å²) in [5, 5.41) is -2.80. The zero-order chi connectivity index (χ0) is 13.4. The van der Waals surface area contributed by atoms with Gasteiger partial charge >= 0.3 is 15.2 Å². The van der Waals surface area contributed by atoms with E-state index in [-0.39, 0.29) is 12.3 Å². The van der Waals surface area contributed by atoms with Gasteiger partial charge in [0.1, 0.15) is 0 Å². The molecule has 0 amide bonds. The van der Waals surface area contributed by atoms with Crippen LogP contribution in [0, 0.1) is 11.8 Å². The predicted molar refractivity (Wildman–Crippen MR) is 59.6 cm³/mol. The SMILES string of the molecule is CC(C)CC(C)C(N)(P(=O)(O)O)P(=O)(O)O. The summed E-state index contributed by atoms with van der Waals surface area (Å²) in [6, 6.07) is 0. The lowest BCUT2D eigenvalue weighted by Crippen LogP contribution is -2.45. The number of hydrogen-bond donors (Lipinski definition) is 5. The molecule has 0 radical (unpaired) electrons. The molecule has 0 aliphatic carbocycles. The minimum absolute atomic E-state index is 0.0241. The van der Waals surface area contributed by atoms with Gasteiger partial charge in [-0.3, -0.25) is 9.13 Å². The molecule has 0 aliphatic heterocycles. The van der Waals surface area contributed by atoms with Crippen LogP contribution in [0.15, 0.2) is 0 Å². The molecule has 16 heavy (non-hydrogen) atoms. The van der Waals surface area contributed by atoms with E-state index in [1.807, 2.05) is 0 Å². The second-order valence-corrected chi connectivity index (χ2v) is 8.41. The molecule has 0 aliphatic rings. The monoisotopic (exact) mass is 275 g/mol. The van der Waals surface area contributed by atoms with Gasteiger partial charge in [0.05, 0.1) is 0 Å². The normalized spacial score (nSPS) is 16.6. The van der Waals surface area contributed by atoms with Gasteiger partial charge in [0.15, 0.2) is 0 Å². The van der Waals surface area contributed by atoms with Gasteiger partial charge in [-0.25, -0.2) is 0 Å². The van der Waals surface area contributed by atoms with E-state index in [2.05, 4.69) is 0 Å². The molecule has 0 rings (SSSR count). The molecule has 0 saturated heterocycles. The van der Waals surface area contributed by atoms with Crippen molar-refractivity contribution < 1.29 is 28.7 Å². The third-order valence-corrected chi connectivity index (χ3v) is 6.79. The number of rotatable bonds is 5. The molecule has 98 valence electrons. The van der Waals surface area contributed by atoms with E-state index in [0.717, 1.165) is 0 Å². The molecule has 0 aromatic rings. The van der Waals surface area contributed by atoms with E-state index in [1.165, 1.54) is 6.92 Å². The zero-order valence-electron chi connectivity index (χ0n) is 9.44. The third kappa shape index (κ3) is 3.14. The van der Waals surface area contributed by atoms with Crippen molar-refractivity contribution in [2.75, 3.05) is 0 Å². The van der Waals surface area contributed by atoms with Crippen LogP contribution in [-0.2, 0) is 9.13 Å². The fourth-order valence-electron chi connectivity index (χ4n) is 1.62. The Bertz CT molecular complexity index is 310. The Morgan fingerprint density at radius 1 is 1.06 bits per heavy atom. The maximum Gasteiger partial charge on any atom is 0.357 e. The second kappa shape index (κ2) is 4.86. The summed E-state index contributed by atoms with van der Waals surface area (Å²) in [6.45, 7) is 4.88. The topological polar surface area (TPSA) is 141 Å². The fourth-order valence-corrected chi connectivity index (χ4v) is 4.34. The molecule has 1 atom stereocenters. The second-order valence-electron chi connectivity index (χ2n) is 4.40. The van der Waals surface area contributed by atoms with Gasteiger partial charge in [0, 0.05) is 0 Å². The molecular weight excluding hydrogens is 256 g/mol. The van der Waals surface area contributed by atoms with Crippen LogP contribution in [0.1, 0.15) is 27.2 Å². The van der Waals surface area contributed by atoms with Gasteiger partial charge in [-0.2, -0.15) is 0 Å².